The number of sulfone groups is 1. The summed E-state index contributed by atoms with van der Waals surface area (Å²) in [6.07, 6.45) is 1.05. The highest BCUT2D eigenvalue weighted by molar-refractivity contribution is 7.90. The molecule has 0 radical (unpaired) electrons. The Balaban J connectivity index is 3.40. The van der Waals surface area contributed by atoms with Gasteiger partial charge in [-0.25, -0.2) is 12.8 Å². The van der Waals surface area contributed by atoms with Gasteiger partial charge in [0.05, 0.1) is 4.90 Å². The number of halogens is 1. The van der Waals surface area contributed by atoms with E-state index in [-0.39, 0.29) is 17.0 Å². The van der Waals surface area contributed by atoms with E-state index in [2.05, 4.69) is 0 Å². The van der Waals surface area contributed by atoms with Gasteiger partial charge in [0.2, 0.25) is 0 Å². The average molecular weight is 232 g/mol. The molecule has 0 fully saturated rings. The molecule has 4 nitrogen and oxygen atoms in total. The first-order chi connectivity index (χ1) is 6.86. The lowest BCUT2D eigenvalue weighted by molar-refractivity contribution is 0.593. The maximum Gasteiger partial charge on any atom is 0.175 e. The van der Waals surface area contributed by atoms with E-state index in [4.69, 9.17) is 11.5 Å². The molecule has 0 spiro atoms. The maximum absolute atomic E-state index is 12.9. The summed E-state index contributed by atoms with van der Waals surface area (Å²) in [6.45, 7) is 0.0615. The Morgan fingerprint density at radius 2 is 2.07 bits per heavy atom. The minimum absolute atomic E-state index is 0.0295. The van der Waals surface area contributed by atoms with Crippen LogP contribution in [0.4, 0.5) is 4.39 Å². The lowest BCUT2D eigenvalue weighted by Gasteiger charge is -2.13. The van der Waals surface area contributed by atoms with Gasteiger partial charge in [0.1, 0.15) is 5.82 Å². The van der Waals surface area contributed by atoms with Crippen molar-refractivity contribution >= 4 is 9.84 Å². The Kier molecular flexibility index (Phi) is 3.43. The predicted molar refractivity (Wildman–Crippen MR) is 55.5 cm³/mol. The zero-order valence-corrected chi connectivity index (χ0v) is 9.09. The highest BCUT2D eigenvalue weighted by Crippen LogP contribution is 2.21. The zero-order valence-electron chi connectivity index (χ0n) is 8.27. The van der Waals surface area contributed by atoms with Crippen LogP contribution < -0.4 is 11.5 Å². The van der Waals surface area contributed by atoms with Crippen LogP contribution >= 0.6 is 0 Å². The van der Waals surface area contributed by atoms with Gasteiger partial charge in [0, 0.05) is 18.8 Å². The SMILES string of the molecule is CS(=O)(=O)c1ccc(F)cc1[C@H](N)CN. The summed E-state index contributed by atoms with van der Waals surface area (Å²) in [7, 11) is -3.41. The summed E-state index contributed by atoms with van der Waals surface area (Å²) in [5.41, 5.74) is 11.2. The molecule has 0 bridgehead atoms. The van der Waals surface area contributed by atoms with Gasteiger partial charge < -0.3 is 11.5 Å². The van der Waals surface area contributed by atoms with Crippen molar-refractivity contribution in [2.45, 2.75) is 10.9 Å². The van der Waals surface area contributed by atoms with Gasteiger partial charge in [0.25, 0.3) is 0 Å². The van der Waals surface area contributed by atoms with Crippen molar-refractivity contribution in [1.82, 2.24) is 0 Å². The molecule has 1 atom stereocenters. The van der Waals surface area contributed by atoms with Gasteiger partial charge in [-0.3, -0.25) is 0 Å². The first-order valence-corrected chi connectivity index (χ1v) is 6.20. The van der Waals surface area contributed by atoms with Crippen LogP contribution in [0.3, 0.4) is 0 Å². The Labute approximate surface area is 88.0 Å². The van der Waals surface area contributed by atoms with Crippen LogP contribution in [0.1, 0.15) is 11.6 Å². The largest absolute Gasteiger partial charge is 0.329 e. The number of rotatable bonds is 3. The fraction of sp³-hybridized carbons (Fsp3) is 0.333. The molecule has 0 heterocycles. The quantitative estimate of drug-likeness (QED) is 0.728. The highest BCUT2D eigenvalue weighted by Gasteiger charge is 2.17. The third-order valence-electron chi connectivity index (χ3n) is 2.02. The summed E-state index contributed by atoms with van der Waals surface area (Å²) in [5.74, 6) is -0.527. The second-order valence-corrected chi connectivity index (χ2v) is 5.28. The number of benzene rings is 1. The molecule has 0 unspecified atom stereocenters. The van der Waals surface area contributed by atoms with Crippen molar-refractivity contribution in [1.29, 1.82) is 0 Å². The van der Waals surface area contributed by atoms with Crippen LogP contribution in [-0.2, 0) is 9.84 Å². The Morgan fingerprint density at radius 3 is 2.53 bits per heavy atom. The molecule has 0 aliphatic rings. The molecule has 4 N–H and O–H groups in total. The molecule has 84 valence electrons. The van der Waals surface area contributed by atoms with Crippen LogP contribution in [-0.4, -0.2) is 21.2 Å². The molecular formula is C9H13FN2O2S. The predicted octanol–water partition coefficient (Wildman–Crippen LogP) is 0.188. The van der Waals surface area contributed by atoms with Crippen LogP contribution in [0.2, 0.25) is 0 Å². The summed E-state index contributed by atoms with van der Waals surface area (Å²) < 4.78 is 35.7. The second-order valence-electron chi connectivity index (χ2n) is 3.30. The molecule has 0 saturated carbocycles. The van der Waals surface area contributed by atoms with E-state index in [1.54, 1.807) is 0 Å². The minimum Gasteiger partial charge on any atom is -0.329 e. The number of hydrogen-bond acceptors (Lipinski definition) is 4. The smallest absolute Gasteiger partial charge is 0.175 e. The van der Waals surface area contributed by atoms with Gasteiger partial charge in [-0.1, -0.05) is 0 Å². The van der Waals surface area contributed by atoms with Crippen molar-refractivity contribution in [3.63, 3.8) is 0 Å². The Morgan fingerprint density at radius 1 is 1.47 bits per heavy atom. The van der Waals surface area contributed by atoms with Gasteiger partial charge >= 0.3 is 0 Å². The summed E-state index contributed by atoms with van der Waals surface area (Å²) in [6, 6.07) is 2.72. The fourth-order valence-electron chi connectivity index (χ4n) is 1.27. The van der Waals surface area contributed by atoms with E-state index >= 15 is 0 Å². The van der Waals surface area contributed by atoms with E-state index in [1.165, 1.54) is 6.07 Å². The van der Waals surface area contributed by atoms with Crippen LogP contribution in [0, 0.1) is 5.82 Å². The van der Waals surface area contributed by atoms with Gasteiger partial charge in [-0.15, -0.1) is 0 Å². The molecule has 1 aromatic carbocycles. The molecule has 1 aromatic rings. The topological polar surface area (TPSA) is 86.2 Å². The second kappa shape index (κ2) is 4.26. The Hall–Kier alpha value is -0.980. The molecule has 6 heteroatoms. The first kappa shape index (κ1) is 12.1. The third-order valence-corrected chi connectivity index (χ3v) is 3.20. The highest BCUT2D eigenvalue weighted by atomic mass is 32.2. The molecule has 0 amide bonds. The monoisotopic (exact) mass is 232 g/mol. The van der Waals surface area contributed by atoms with Gasteiger partial charge in [-0.2, -0.15) is 0 Å². The summed E-state index contributed by atoms with van der Waals surface area (Å²) in [5, 5.41) is 0. The van der Waals surface area contributed by atoms with Gasteiger partial charge in [0.15, 0.2) is 9.84 Å². The molecule has 0 saturated heterocycles. The van der Waals surface area contributed by atoms with Crippen LogP contribution in [0.15, 0.2) is 23.1 Å². The van der Waals surface area contributed by atoms with Crippen LogP contribution in [0.5, 0.6) is 0 Å². The molecule has 1 rings (SSSR count). The first-order valence-electron chi connectivity index (χ1n) is 4.31. The average Bonchev–Trinajstić information content (AvgIpc) is 2.14. The normalized spacial score (nSPS) is 13.9. The molecule has 15 heavy (non-hydrogen) atoms. The fourth-order valence-corrected chi connectivity index (χ4v) is 2.23. The van der Waals surface area contributed by atoms with Crippen molar-refractivity contribution in [2.24, 2.45) is 11.5 Å². The number of hydrogen-bond donors (Lipinski definition) is 2. The maximum atomic E-state index is 12.9. The molecule has 0 aliphatic carbocycles. The van der Waals surface area contributed by atoms with E-state index in [0.29, 0.717) is 0 Å². The minimum atomic E-state index is -3.41. The molecule has 0 aromatic heterocycles. The van der Waals surface area contributed by atoms with Gasteiger partial charge in [-0.05, 0) is 23.8 Å². The zero-order chi connectivity index (χ0) is 11.6. The van der Waals surface area contributed by atoms with E-state index in [9.17, 15) is 12.8 Å². The Bertz CT molecular complexity index is 459. The van der Waals surface area contributed by atoms with E-state index in [1.807, 2.05) is 0 Å². The van der Waals surface area contributed by atoms with Crippen molar-refractivity contribution in [2.75, 3.05) is 12.8 Å². The van der Waals surface area contributed by atoms with E-state index in [0.717, 1.165) is 18.4 Å². The molecular weight excluding hydrogens is 219 g/mol. The van der Waals surface area contributed by atoms with Crippen LogP contribution in [0.25, 0.3) is 0 Å². The van der Waals surface area contributed by atoms with Crippen molar-refractivity contribution in [3.05, 3.63) is 29.6 Å². The van der Waals surface area contributed by atoms with Crippen molar-refractivity contribution < 1.29 is 12.8 Å². The summed E-state index contributed by atoms with van der Waals surface area (Å²) >= 11 is 0. The summed E-state index contributed by atoms with van der Waals surface area (Å²) in [4.78, 5) is 0.0295. The lowest BCUT2D eigenvalue weighted by Crippen LogP contribution is -2.23. The standard InChI is InChI=1S/C9H13FN2O2S/c1-15(13,14)9-3-2-6(10)4-7(9)8(12)5-11/h2-4,8H,5,11-12H2,1H3/t8-/m1/s1. The lowest BCUT2D eigenvalue weighted by atomic mass is 10.1. The van der Waals surface area contributed by atoms with Crippen molar-refractivity contribution in [3.8, 4) is 0 Å². The number of nitrogens with two attached hydrogens (primary N) is 2. The molecule has 0 aliphatic heterocycles. The third kappa shape index (κ3) is 2.74. The van der Waals surface area contributed by atoms with E-state index < -0.39 is 21.7 Å².